The van der Waals surface area contributed by atoms with E-state index in [-0.39, 0.29) is 5.97 Å². The Balaban J connectivity index is 2.96. The third-order valence-corrected chi connectivity index (χ3v) is 1.58. The number of alkyl halides is 1. The first-order valence-electron chi connectivity index (χ1n) is 3.52. The molecular weight excluding hydrogens is 196 g/mol. The molecule has 0 aromatic rings. The van der Waals surface area contributed by atoms with E-state index in [4.69, 9.17) is 4.74 Å². The first-order valence-corrected chi connectivity index (χ1v) is 4.65. The van der Waals surface area contributed by atoms with E-state index >= 15 is 0 Å². The molecule has 0 N–H and O–H groups in total. The lowest BCUT2D eigenvalue weighted by Crippen LogP contribution is -2.06. The van der Waals surface area contributed by atoms with Crippen LogP contribution < -0.4 is 0 Å². The molecule has 0 fully saturated rings. The van der Waals surface area contributed by atoms with Crippen LogP contribution in [0.25, 0.3) is 0 Å². The number of halogens is 1. The van der Waals surface area contributed by atoms with Crippen molar-refractivity contribution in [1.29, 1.82) is 0 Å². The fourth-order valence-corrected chi connectivity index (χ4v) is 0.739. The molecule has 0 aliphatic rings. The summed E-state index contributed by atoms with van der Waals surface area (Å²) in [5.74, 6) is -0.170. The van der Waals surface area contributed by atoms with Gasteiger partial charge in [0.05, 0.1) is 6.61 Å². The number of ether oxygens (including phenoxy) is 1. The zero-order valence-corrected chi connectivity index (χ0v) is 7.82. The SMILES string of the molecule is CCCCCOC(=O)CBr. The van der Waals surface area contributed by atoms with Gasteiger partial charge in [-0.2, -0.15) is 0 Å². The van der Waals surface area contributed by atoms with Crippen molar-refractivity contribution < 1.29 is 9.53 Å². The standard InChI is InChI=1S/C7H13BrO2/c1-2-3-4-5-10-7(9)6-8/h2-6H2,1H3. The van der Waals surface area contributed by atoms with Crippen molar-refractivity contribution in [1.82, 2.24) is 0 Å². The minimum absolute atomic E-state index is 0.170. The summed E-state index contributed by atoms with van der Waals surface area (Å²) in [7, 11) is 0. The summed E-state index contributed by atoms with van der Waals surface area (Å²) in [4.78, 5) is 10.5. The molecule has 0 aromatic carbocycles. The average molecular weight is 209 g/mol. The van der Waals surface area contributed by atoms with Gasteiger partial charge in [0.1, 0.15) is 5.33 Å². The highest BCUT2D eigenvalue weighted by molar-refractivity contribution is 9.09. The Kier molecular flexibility index (Phi) is 7.03. The number of rotatable bonds is 5. The second kappa shape index (κ2) is 7.06. The zero-order chi connectivity index (χ0) is 7.82. The Hall–Kier alpha value is -0.0500. The van der Waals surface area contributed by atoms with Gasteiger partial charge in [-0.15, -0.1) is 0 Å². The van der Waals surface area contributed by atoms with Crippen molar-refractivity contribution in [2.24, 2.45) is 0 Å². The van der Waals surface area contributed by atoms with E-state index in [0.29, 0.717) is 11.9 Å². The van der Waals surface area contributed by atoms with Crippen LogP contribution in [0, 0.1) is 0 Å². The molecule has 3 heteroatoms. The lowest BCUT2D eigenvalue weighted by molar-refractivity contribution is -0.140. The Labute approximate surface area is 70.1 Å². The van der Waals surface area contributed by atoms with E-state index in [1.54, 1.807) is 0 Å². The highest BCUT2D eigenvalue weighted by atomic mass is 79.9. The monoisotopic (exact) mass is 208 g/mol. The summed E-state index contributed by atoms with van der Waals surface area (Å²) in [5.41, 5.74) is 0. The second-order valence-electron chi connectivity index (χ2n) is 2.06. The van der Waals surface area contributed by atoms with Crippen molar-refractivity contribution in [3.8, 4) is 0 Å². The topological polar surface area (TPSA) is 26.3 Å². The Morgan fingerprint density at radius 2 is 2.20 bits per heavy atom. The molecule has 0 bridgehead atoms. The largest absolute Gasteiger partial charge is 0.465 e. The molecule has 60 valence electrons. The molecule has 0 amide bonds. The maximum Gasteiger partial charge on any atom is 0.316 e. The van der Waals surface area contributed by atoms with Gasteiger partial charge in [-0.05, 0) is 6.42 Å². The molecule has 0 unspecified atom stereocenters. The van der Waals surface area contributed by atoms with Crippen LogP contribution in [0.2, 0.25) is 0 Å². The van der Waals surface area contributed by atoms with Gasteiger partial charge in [0.15, 0.2) is 0 Å². The van der Waals surface area contributed by atoms with Crippen LogP contribution in [-0.4, -0.2) is 17.9 Å². The number of carbonyl (C=O) groups excluding carboxylic acids is 1. The highest BCUT2D eigenvalue weighted by Gasteiger charge is 1.96. The summed E-state index contributed by atoms with van der Waals surface area (Å²) < 4.78 is 4.81. The van der Waals surface area contributed by atoms with Crippen LogP contribution in [0.1, 0.15) is 26.2 Å². The van der Waals surface area contributed by atoms with Crippen molar-refractivity contribution in [3.05, 3.63) is 0 Å². The van der Waals surface area contributed by atoms with E-state index in [1.807, 2.05) is 0 Å². The molecule has 0 heterocycles. The quantitative estimate of drug-likeness (QED) is 0.393. The molecule has 0 spiro atoms. The molecule has 0 aliphatic carbocycles. The summed E-state index contributed by atoms with van der Waals surface area (Å²) in [5, 5.41) is 0.305. The van der Waals surface area contributed by atoms with E-state index < -0.39 is 0 Å². The Morgan fingerprint density at radius 1 is 1.50 bits per heavy atom. The first kappa shape index (κ1) is 9.95. The predicted molar refractivity (Wildman–Crippen MR) is 44.3 cm³/mol. The van der Waals surface area contributed by atoms with Gasteiger partial charge >= 0.3 is 5.97 Å². The molecule has 0 saturated heterocycles. The maximum atomic E-state index is 10.5. The van der Waals surface area contributed by atoms with Crippen molar-refractivity contribution in [2.75, 3.05) is 11.9 Å². The summed E-state index contributed by atoms with van der Waals surface area (Å²) in [6, 6.07) is 0. The van der Waals surface area contributed by atoms with Crippen LogP contribution in [-0.2, 0) is 9.53 Å². The van der Waals surface area contributed by atoms with Crippen LogP contribution in [0.4, 0.5) is 0 Å². The summed E-state index contributed by atoms with van der Waals surface area (Å²) in [6.45, 7) is 2.69. The minimum Gasteiger partial charge on any atom is -0.465 e. The van der Waals surface area contributed by atoms with Gasteiger partial charge in [-0.25, -0.2) is 0 Å². The van der Waals surface area contributed by atoms with Crippen LogP contribution in [0.5, 0.6) is 0 Å². The van der Waals surface area contributed by atoms with Crippen LogP contribution in [0.15, 0.2) is 0 Å². The Morgan fingerprint density at radius 3 is 2.70 bits per heavy atom. The lowest BCUT2D eigenvalue weighted by atomic mass is 10.3. The molecule has 0 aromatic heterocycles. The van der Waals surface area contributed by atoms with Gasteiger partial charge < -0.3 is 4.74 Å². The van der Waals surface area contributed by atoms with Gasteiger partial charge in [0.2, 0.25) is 0 Å². The molecule has 0 rings (SSSR count). The smallest absolute Gasteiger partial charge is 0.316 e. The molecule has 10 heavy (non-hydrogen) atoms. The van der Waals surface area contributed by atoms with Crippen molar-refractivity contribution >= 4 is 21.9 Å². The third-order valence-electron chi connectivity index (χ3n) is 1.12. The van der Waals surface area contributed by atoms with E-state index in [0.717, 1.165) is 19.3 Å². The molecule has 0 atom stereocenters. The van der Waals surface area contributed by atoms with Crippen molar-refractivity contribution in [3.63, 3.8) is 0 Å². The zero-order valence-electron chi connectivity index (χ0n) is 6.23. The van der Waals surface area contributed by atoms with E-state index in [2.05, 4.69) is 22.9 Å². The number of unbranched alkanes of at least 4 members (excludes halogenated alkanes) is 2. The molecule has 0 aliphatic heterocycles. The van der Waals surface area contributed by atoms with Gasteiger partial charge in [0, 0.05) is 0 Å². The number of carbonyl (C=O) groups is 1. The molecular formula is C7H13BrO2. The Bertz CT molecular complexity index is 93.6. The second-order valence-corrected chi connectivity index (χ2v) is 2.62. The fraction of sp³-hybridized carbons (Fsp3) is 0.857. The molecule has 2 nitrogen and oxygen atoms in total. The molecule has 0 radical (unpaired) electrons. The summed E-state index contributed by atoms with van der Waals surface area (Å²) in [6.07, 6.45) is 3.27. The third kappa shape index (κ3) is 6.08. The normalized spacial score (nSPS) is 9.40. The number of hydrogen-bond acceptors (Lipinski definition) is 2. The van der Waals surface area contributed by atoms with Gasteiger partial charge in [0.25, 0.3) is 0 Å². The summed E-state index contributed by atoms with van der Waals surface area (Å²) >= 11 is 3.01. The van der Waals surface area contributed by atoms with E-state index in [1.165, 1.54) is 0 Å². The number of hydrogen-bond donors (Lipinski definition) is 0. The highest BCUT2D eigenvalue weighted by Crippen LogP contribution is 1.95. The first-order chi connectivity index (χ1) is 4.81. The average Bonchev–Trinajstić information content (AvgIpc) is 1.98. The minimum atomic E-state index is -0.170. The van der Waals surface area contributed by atoms with E-state index in [9.17, 15) is 4.79 Å². The maximum absolute atomic E-state index is 10.5. The van der Waals surface area contributed by atoms with Crippen molar-refractivity contribution in [2.45, 2.75) is 26.2 Å². The van der Waals surface area contributed by atoms with Gasteiger partial charge in [-0.3, -0.25) is 4.79 Å². The number of esters is 1. The van der Waals surface area contributed by atoms with Crippen LogP contribution in [0.3, 0.4) is 0 Å². The lowest BCUT2D eigenvalue weighted by Gasteiger charge is -1.99. The predicted octanol–water partition coefficient (Wildman–Crippen LogP) is 2.11. The molecule has 0 saturated carbocycles. The van der Waals surface area contributed by atoms with Gasteiger partial charge in [-0.1, -0.05) is 35.7 Å². The fourth-order valence-electron chi connectivity index (χ4n) is 0.577. The van der Waals surface area contributed by atoms with Crippen LogP contribution >= 0.6 is 15.9 Å².